The zero-order valence-corrected chi connectivity index (χ0v) is 22.8. The Bertz CT molecular complexity index is 1380. The van der Waals surface area contributed by atoms with E-state index < -0.39 is 22.0 Å². The standard InChI is InChI=1S/C29H34N2O5S/c1-20-9-12-24(13-10-20)37(33,34)31-19-27(36-26-14-11-22(18-25(26)31)29(3,4)5)28(32)30-15-16-35-23-8-6-7-21(2)17-23/h6-14,17-18,27H,15-16,19H2,1-5H3,(H,30,32)/t27-/m0/s1. The predicted octanol–water partition coefficient (Wildman–Crippen LogP) is 4.75. The van der Waals surface area contributed by atoms with Crippen molar-refractivity contribution < 1.29 is 22.7 Å². The van der Waals surface area contributed by atoms with Crippen molar-refractivity contribution in [2.24, 2.45) is 0 Å². The van der Waals surface area contributed by atoms with E-state index >= 15 is 0 Å². The number of amides is 1. The van der Waals surface area contributed by atoms with E-state index in [0.29, 0.717) is 11.4 Å². The molecule has 1 aliphatic heterocycles. The second-order valence-electron chi connectivity index (χ2n) is 10.3. The molecule has 4 rings (SSSR count). The lowest BCUT2D eigenvalue weighted by Crippen LogP contribution is -2.51. The van der Waals surface area contributed by atoms with Gasteiger partial charge in [-0.05, 0) is 66.8 Å². The van der Waals surface area contributed by atoms with Crippen molar-refractivity contribution in [3.63, 3.8) is 0 Å². The molecule has 0 radical (unpaired) electrons. The van der Waals surface area contributed by atoms with Gasteiger partial charge in [0.05, 0.1) is 23.7 Å². The number of carbonyl (C=O) groups is 1. The Balaban J connectivity index is 1.56. The molecule has 37 heavy (non-hydrogen) atoms. The van der Waals surface area contributed by atoms with Gasteiger partial charge in [-0.1, -0.05) is 56.7 Å². The summed E-state index contributed by atoms with van der Waals surface area (Å²) in [5, 5.41) is 2.81. The van der Waals surface area contributed by atoms with Gasteiger partial charge < -0.3 is 14.8 Å². The molecule has 0 saturated carbocycles. The number of hydrogen-bond acceptors (Lipinski definition) is 5. The van der Waals surface area contributed by atoms with Crippen LogP contribution in [0.5, 0.6) is 11.5 Å². The fourth-order valence-corrected chi connectivity index (χ4v) is 5.55. The van der Waals surface area contributed by atoms with Gasteiger partial charge in [-0.3, -0.25) is 9.10 Å². The van der Waals surface area contributed by atoms with Gasteiger partial charge in [-0.25, -0.2) is 8.42 Å². The first-order valence-electron chi connectivity index (χ1n) is 12.3. The smallest absolute Gasteiger partial charge is 0.264 e. The number of rotatable bonds is 7. The summed E-state index contributed by atoms with van der Waals surface area (Å²) in [6.07, 6.45) is -1.01. The summed E-state index contributed by atoms with van der Waals surface area (Å²) in [6.45, 7) is 10.5. The maximum absolute atomic E-state index is 13.8. The highest BCUT2D eigenvalue weighted by Crippen LogP contribution is 2.40. The molecule has 0 spiro atoms. The maximum Gasteiger partial charge on any atom is 0.264 e. The number of ether oxygens (including phenoxy) is 2. The van der Waals surface area contributed by atoms with Gasteiger partial charge in [-0.2, -0.15) is 0 Å². The normalized spacial score (nSPS) is 15.5. The van der Waals surface area contributed by atoms with E-state index in [2.05, 4.69) is 26.1 Å². The van der Waals surface area contributed by atoms with Gasteiger partial charge in [0.1, 0.15) is 18.1 Å². The number of hydrogen-bond donors (Lipinski definition) is 1. The van der Waals surface area contributed by atoms with Crippen LogP contribution in [-0.2, 0) is 20.2 Å². The Morgan fingerprint density at radius 2 is 1.76 bits per heavy atom. The van der Waals surface area contributed by atoms with Crippen LogP contribution in [0.4, 0.5) is 5.69 Å². The molecule has 0 saturated heterocycles. The van der Waals surface area contributed by atoms with Crippen LogP contribution in [0.2, 0.25) is 0 Å². The van der Waals surface area contributed by atoms with Crippen LogP contribution in [0, 0.1) is 13.8 Å². The fraction of sp³-hybridized carbons (Fsp3) is 0.345. The first-order chi connectivity index (χ1) is 17.4. The highest BCUT2D eigenvalue weighted by atomic mass is 32.2. The van der Waals surface area contributed by atoms with Gasteiger partial charge in [0.15, 0.2) is 6.10 Å². The molecule has 1 aliphatic rings. The third kappa shape index (κ3) is 6.07. The molecule has 196 valence electrons. The van der Waals surface area contributed by atoms with E-state index in [1.807, 2.05) is 50.2 Å². The highest BCUT2D eigenvalue weighted by Gasteiger charge is 2.38. The van der Waals surface area contributed by atoms with Crippen LogP contribution in [0.3, 0.4) is 0 Å². The van der Waals surface area contributed by atoms with Gasteiger partial charge >= 0.3 is 0 Å². The summed E-state index contributed by atoms with van der Waals surface area (Å²) >= 11 is 0. The molecular weight excluding hydrogens is 488 g/mol. The molecule has 1 N–H and O–H groups in total. The second kappa shape index (κ2) is 10.5. The largest absolute Gasteiger partial charge is 0.492 e. The van der Waals surface area contributed by atoms with Gasteiger partial charge in [-0.15, -0.1) is 0 Å². The summed E-state index contributed by atoms with van der Waals surface area (Å²) in [5.41, 5.74) is 3.25. The zero-order valence-electron chi connectivity index (χ0n) is 21.9. The van der Waals surface area contributed by atoms with Crippen LogP contribution in [0.1, 0.15) is 37.5 Å². The van der Waals surface area contributed by atoms with Crippen LogP contribution in [0.25, 0.3) is 0 Å². The minimum absolute atomic E-state index is 0.138. The van der Waals surface area contributed by atoms with Crippen LogP contribution < -0.4 is 19.1 Å². The third-order valence-electron chi connectivity index (χ3n) is 6.26. The van der Waals surface area contributed by atoms with E-state index in [4.69, 9.17) is 9.47 Å². The molecule has 0 bridgehead atoms. The van der Waals surface area contributed by atoms with Crippen LogP contribution in [0.15, 0.2) is 71.6 Å². The number of sulfonamides is 1. The molecule has 0 fully saturated rings. The monoisotopic (exact) mass is 522 g/mol. The molecule has 0 aliphatic carbocycles. The van der Waals surface area contributed by atoms with Gasteiger partial charge in [0.25, 0.3) is 15.9 Å². The van der Waals surface area contributed by atoms with Crippen LogP contribution >= 0.6 is 0 Å². The Morgan fingerprint density at radius 3 is 2.43 bits per heavy atom. The van der Waals surface area contributed by atoms with Crippen molar-refractivity contribution in [3.8, 4) is 11.5 Å². The summed E-state index contributed by atoms with van der Waals surface area (Å²) in [6, 6.07) is 19.9. The molecule has 0 aromatic heterocycles. The van der Waals surface area contributed by atoms with E-state index in [-0.39, 0.29) is 30.0 Å². The molecule has 1 amide bonds. The number of aryl methyl sites for hydroxylation is 2. The number of nitrogens with one attached hydrogen (secondary N) is 1. The van der Waals surface area contributed by atoms with E-state index in [1.54, 1.807) is 30.3 Å². The molecule has 0 unspecified atom stereocenters. The van der Waals surface area contributed by atoms with Crippen molar-refractivity contribution >= 4 is 21.6 Å². The Labute approximate surface area is 219 Å². The number of fused-ring (bicyclic) bond motifs is 1. The molecule has 1 atom stereocenters. The summed E-state index contributed by atoms with van der Waals surface area (Å²) in [7, 11) is -3.94. The average Bonchev–Trinajstić information content (AvgIpc) is 2.85. The molecule has 3 aromatic rings. The second-order valence-corrected chi connectivity index (χ2v) is 12.2. The molecule has 7 nitrogen and oxygen atoms in total. The van der Waals surface area contributed by atoms with Crippen LogP contribution in [-0.4, -0.2) is 40.1 Å². The Morgan fingerprint density at radius 1 is 1.03 bits per heavy atom. The zero-order chi connectivity index (χ0) is 26.8. The highest BCUT2D eigenvalue weighted by molar-refractivity contribution is 7.92. The SMILES string of the molecule is Cc1ccc(S(=O)(=O)N2C[C@@H](C(=O)NCCOc3cccc(C)c3)Oc3ccc(C(C)(C)C)cc32)cc1. The fourth-order valence-electron chi connectivity index (χ4n) is 4.08. The number of anilines is 1. The molecule has 1 heterocycles. The summed E-state index contributed by atoms with van der Waals surface area (Å²) < 4.78 is 40.5. The van der Waals surface area contributed by atoms with Crippen molar-refractivity contribution in [2.45, 2.75) is 51.0 Å². The molecule has 8 heteroatoms. The topological polar surface area (TPSA) is 84.9 Å². The Kier molecular flexibility index (Phi) is 7.50. The Hall–Kier alpha value is -3.52. The number of carbonyl (C=O) groups excluding carboxylic acids is 1. The predicted molar refractivity (Wildman–Crippen MR) is 145 cm³/mol. The quantitative estimate of drug-likeness (QED) is 0.453. The lowest BCUT2D eigenvalue weighted by molar-refractivity contribution is -0.127. The third-order valence-corrected chi connectivity index (χ3v) is 8.05. The first-order valence-corrected chi connectivity index (χ1v) is 13.8. The van der Waals surface area contributed by atoms with Gasteiger partial charge in [0, 0.05) is 0 Å². The van der Waals surface area contributed by atoms with E-state index in [9.17, 15) is 13.2 Å². The average molecular weight is 523 g/mol. The van der Waals surface area contributed by atoms with Crippen molar-refractivity contribution in [3.05, 3.63) is 83.4 Å². The molecule has 3 aromatic carbocycles. The minimum Gasteiger partial charge on any atom is -0.492 e. The van der Waals surface area contributed by atoms with Crippen molar-refractivity contribution in [1.29, 1.82) is 0 Å². The lowest BCUT2D eigenvalue weighted by Gasteiger charge is -2.36. The minimum atomic E-state index is -3.94. The number of nitrogens with zero attached hydrogens (tertiary/aromatic N) is 1. The number of benzene rings is 3. The van der Waals surface area contributed by atoms with Crippen molar-refractivity contribution in [2.75, 3.05) is 24.0 Å². The maximum atomic E-state index is 13.8. The summed E-state index contributed by atoms with van der Waals surface area (Å²) in [5.74, 6) is 0.677. The first kappa shape index (κ1) is 26.5. The lowest BCUT2D eigenvalue weighted by atomic mass is 9.86. The summed E-state index contributed by atoms with van der Waals surface area (Å²) in [4.78, 5) is 13.2. The van der Waals surface area contributed by atoms with Gasteiger partial charge in [0.2, 0.25) is 0 Å². The van der Waals surface area contributed by atoms with E-state index in [0.717, 1.165) is 22.4 Å². The van der Waals surface area contributed by atoms with E-state index in [1.165, 1.54) is 4.31 Å². The molecular formula is C29H34N2O5S. The van der Waals surface area contributed by atoms with Crippen molar-refractivity contribution in [1.82, 2.24) is 5.32 Å².